The Morgan fingerprint density at radius 3 is 2.94 bits per heavy atom. The maximum Gasteiger partial charge on any atom is 0.225 e. The topological polar surface area (TPSA) is 70.7 Å². The average Bonchev–Trinajstić information content (AvgIpc) is 2.86. The molecule has 0 saturated carbocycles. The molecule has 1 aromatic heterocycles. The number of carbonyl (C=O) groups is 1. The average molecular weight is 240 g/mol. The van der Waals surface area contributed by atoms with Gasteiger partial charge in [0.05, 0.1) is 11.3 Å². The number of amides is 1. The summed E-state index contributed by atoms with van der Waals surface area (Å²) in [5, 5.41) is 15.9. The van der Waals surface area contributed by atoms with Crippen LogP contribution in [0.2, 0.25) is 0 Å². The van der Waals surface area contributed by atoms with Crippen LogP contribution in [0.4, 0.5) is 5.82 Å². The summed E-state index contributed by atoms with van der Waals surface area (Å²) in [5.41, 5.74) is 1.23. The zero-order chi connectivity index (χ0) is 13.0. The molecular formula is C13H12N4O. The molecule has 5 heteroatoms. The molecule has 0 atom stereocenters. The fourth-order valence-corrected chi connectivity index (χ4v) is 1.52. The van der Waals surface area contributed by atoms with Gasteiger partial charge in [-0.1, -0.05) is 19.1 Å². The van der Waals surface area contributed by atoms with Crippen molar-refractivity contribution in [3.63, 3.8) is 0 Å². The number of hydrogen-bond donors (Lipinski definition) is 1. The molecule has 1 aromatic carbocycles. The third kappa shape index (κ3) is 2.38. The van der Waals surface area contributed by atoms with E-state index in [4.69, 9.17) is 5.26 Å². The molecule has 90 valence electrons. The summed E-state index contributed by atoms with van der Waals surface area (Å²) in [4.78, 5) is 11.2. The van der Waals surface area contributed by atoms with Crippen LogP contribution in [0.1, 0.15) is 18.9 Å². The highest BCUT2D eigenvalue weighted by atomic mass is 16.1. The van der Waals surface area contributed by atoms with Crippen LogP contribution in [-0.4, -0.2) is 15.7 Å². The second-order valence-corrected chi connectivity index (χ2v) is 3.68. The van der Waals surface area contributed by atoms with Crippen LogP contribution in [0.5, 0.6) is 0 Å². The van der Waals surface area contributed by atoms with E-state index in [0.717, 1.165) is 0 Å². The van der Waals surface area contributed by atoms with Gasteiger partial charge in [0.2, 0.25) is 5.91 Å². The number of nitriles is 1. The minimum atomic E-state index is -0.0891. The molecule has 1 N–H and O–H groups in total. The van der Waals surface area contributed by atoms with Crippen LogP contribution in [0, 0.1) is 11.3 Å². The van der Waals surface area contributed by atoms with Crippen LogP contribution >= 0.6 is 0 Å². The van der Waals surface area contributed by atoms with Gasteiger partial charge in [0.15, 0.2) is 5.82 Å². The summed E-state index contributed by atoms with van der Waals surface area (Å²) in [6.07, 6.45) is 2.11. The van der Waals surface area contributed by atoms with Gasteiger partial charge < -0.3 is 5.32 Å². The fourth-order valence-electron chi connectivity index (χ4n) is 1.52. The lowest BCUT2D eigenvalue weighted by atomic mass is 10.2. The van der Waals surface area contributed by atoms with E-state index in [9.17, 15) is 4.79 Å². The smallest absolute Gasteiger partial charge is 0.225 e. The van der Waals surface area contributed by atoms with Crippen LogP contribution in [0.25, 0.3) is 5.69 Å². The van der Waals surface area contributed by atoms with Crippen molar-refractivity contribution in [3.8, 4) is 11.8 Å². The van der Waals surface area contributed by atoms with Gasteiger partial charge in [-0.05, 0) is 12.1 Å². The molecule has 0 aliphatic heterocycles. The second kappa shape index (κ2) is 5.15. The highest BCUT2D eigenvalue weighted by Crippen LogP contribution is 2.14. The van der Waals surface area contributed by atoms with Crippen LogP contribution in [0.15, 0.2) is 36.5 Å². The first-order valence-electron chi connectivity index (χ1n) is 5.59. The third-order valence-electron chi connectivity index (χ3n) is 2.45. The van der Waals surface area contributed by atoms with Gasteiger partial charge in [-0.25, -0.2) is 4.68 Å². The highest BCUT2D eigenvalue weighted by Gasteiger charge is 2.06. The predicted molar refractivity (Wildman–Crippen MR) is 67.2 cm³/mol. The first kappa shape index (κ1) is 11.9. The molecular weight excluding hydrogens is 228 g/mol. The van der Waals surface area contributed by atoms with Gasteiger partial charge in [0, 0.05) is 18.7 Å². The van der Waals surface area contributed by atoms with E-state index in [-0.39, 0.29) is 5.91 Å². The van der Waals surface area contributed by atoms with Gasteiger partial charge in [-0.2, -0.15) is 10.4 Å². The van der Waals surface area contributed by atoms with Gasteiger partial charge in [-0.15, -0.1) is 0 Å². The third-order valence-corrected chi connectivity index (χ3v) is 2.45. The largest absolute Gasteiger partial charge is 0.309 e. The predicted octanol–water partition coefficient (Wildman–Crippen LogP) is 2.09. The molecule has 18 heavy (non-hydrogen) atoms. The molecule has 1 amide bonds. The van der Waals surface area contributed by atoms with Crippen molar-refractivity contribution in [1.82, 2.24) is 9.78 Å². The number of nitrogens with zero attached hydrogens (tertiary/aromatic N) is 3. The van der Waals surface area contributed by atoms with Gasteiger partial charge in [0.1, 0.15) is 6.07 Å². The lowest BCUT2D eigenvalue weighted by Crippen LogP contribution is -2.10. The summed E-state index contributed by atoms with van der Waals surface area (Å²) in [6.45, 7) is 1.78. The van der Waals surface area contributed by atoms with Crippen molar-refractivity contribution in [3.05, 3.63) is 42.1 Å². The molecule has 0 spiro atoms. The Hall–Kier alpha value is -2.61. The minimum Gasteiger partial charge on any atom is -0.309 e. The van der Waals surface area contributed by atoms with Gasteiger partial charge in [-0.3, -0.25) is 4.79 Å². The van der Waals surface area contributed by atoms with Crippen molar-refractivity contribution < 1.29 is 4.79 Å². The Balaban J connectivity index is 2.30. The van der Waals surface area contributed by atoms with E-state index in [0.29, 0.717) is 23.5 Å². The number of benzene rings is 1. The molecule has 0 radical (unpaired) electrons. The lowest BCUT2D eigenvalue weighted by Gasteiger charge is -2.03. The van der Waals surface area contributed by atoms with E-state index in [1.54, 1.807) is 42.1 Å². The number of nitrogens with one attached hydrogen (secondary N) is 1. The molecule has 0 aliphatic rings. The Morgan fingerprint density at radius 2 is 2.22 bits per heavy atom. The van der Waals surface area contributed by atoms with Crippen molar-refractivity contribution in [2.75, 3.05) is 5.32 Å². The normalized spacial score (nSPS) is 9.78. The summed E-state index contributed by atoms with van der Waals surface area (Å²) in [6, 6.07) is 11.0. The van der Waals surface area contributed by atoms with E-state index >= 15 is 0 Å². The molecule has 0 fully saturated rings. The summed E-state index contributed by atoms with van der Waals surface area (Å²) in [5.74, 6) is 0.392. The zero-order valence-electron chi connectivity index (χ0n) is 9.92. The van der Waals surface area contributed by atoms with Crippen molar-refractivity contribution in [1.29, 1.82) is 5.26 Å². The second-order valence-electron chi connectivity index (χ2n) is 3.68. The number of aromatic nitrogens is 2. The molecule has 2 rings (SSSR count). The SMILES string of the molecule is CCC(=O)Nc1ccn(-c2ccccc2C#N)n1. The molecule has 1 heterocycles. The Morgan fingerprint density at radius 1 is 1.44 bits per heavy atom. The lowest BCUT2D eigenvalue weighted by molar-refractivity contribution is -0.115. The number of hydrogen-bond acceptors (Lipinski definition) is 3. The van der Waals surface area contributed by atoms with E-state index in [1.807, 2.05) is 6.07 Å². The quantitative estimate of drug-likeness (QED) is 0.892. The zero-order valence-corrected chi connectivity index (χ0v) is 9.92. The van der Waals surface area contributed by atoms with Crippen LogP contribution < -0.4 is 5.32 Å². The maximum atomic E-state index is 11.2. The van der Waals surface area contributed by atoms with Crippen molar-refractivity contribution >= 4 is 11.7 Å². The minimum absolute atomic E-state index is 0.0891. The Bertz CT molecular complexity index is 609. The van der Waals surface area contributed by atoms with E-state index in [2.05, 4.69) is 16.5 Å². The Labute approximate surface area is 105 Å². The molecule has 0 bridgehead atoms. The molecule has 2 aromatic rings. The first-order valence-corrected chi connectivity index (χ1v) is 5.59. The van der Waals surface area contributed by atoms with E-state index in [1.165, 1.54) is 0 Å². The molecule has 0 unspecified atom stereocenters. The maximum absolute atomic E-state index is 11.2. The molecule has 5 nitrogen and oxygen atoms in total. The van der Waals surface area contributed by atoms with Crippen LogP contribution in [0.3, 0.4) is 0 Å². The molecule has 0 saturated heterocycles. The summed E-state index contributed by atoms with van der Waals surface area (Å²) in [7, 11) is 0. The number of rotatable bonds is 3. The standard InChI is InChI=1S/C13H12N4O/c1-2-13(18)15-12-7-8-17(16-12)11-6-4-3-5-10(11)9-14/h3-8H,2H2,1H3,(H,15,16,18). The van der Waals surface area contributed by atoms with Gasteiger partial charge >= 0.3 is 0 Å². The summed E-state index contributed by atoms with van der Waals surface area (Å²) >= 11 is 0. The van der Waals surface area contributed by atoms with Crippen molar-refractivity contribution in [2.24, 2.45) is 0 Å². The van der Waals surface area contributed by atoms with Crippen molar-refractivity contribution in [2.45, 2.75) is 13.3 Å². The van der Waals surface area contributed by atoms with Gasteiger partial charge in [0.25, 0.3) is 0 Å². The first-order chi connectivity index (χ1) is 8.74. The fraction of sp³-hybridized carbons (Fsp3) is 0.154. The summed E-state index contributed by atoms with van der Waals surface area (Å²) < 4.78 is 1.57. The molecule has 0 aliphatic carbocycles. The number of para-hydroxylation sites is 1. The number of carbonyl (C=O) groups excluding carboxylic acids is 1. The monoisotopic (exact) mass is 240 g/mol. The number of anilines is 1. The van der Waals surface area contributed by atoms with Crippen LogP contribution in [-0.2, 0) is 4.79 Å². The highest BCUT2D eigenvalue weighted by molar-refractivity contribution is 5.89. The van der Waals surface area contributed by atoms with E-state index < -0.39 is 0 Å². The Kier molecular flexibility index (Phi) is 3.39.